The van der Waals surface area contributed by atoms with Gasteiger partial charge in [0.05, 0.1) is 10.8 Å². The summed E-state index contributed by atoms with van der Waals surface area (Å²) >= 11 is 0. The Kier molecular flexibility index (Phi) is 4.29. The molecule has 0 amide bonds. The molecule has 1 unspecified atom stereocenters. The van der Waals surface area contributed by atoms with Crippen LogP contribution in [-0.2, 0) is 17.3 Å². The molecule has 1 heterocycles. The van der Waals surface area contributed by atoms with Crippen molar-refractivity contribution in [3.05, 3.63) is 58.5 Å². The molecule has 0 spiro atoms. The Balaban J connectivity index is 2.18. The molecule has 1 aromatic carbocycles. The van der Waals surface area contributed by atoms with Gasteiger partial charge in [-0.25, -0.2) is 8.78 Å². The Morgan fingerprint density at radius 2 is 1.85 bits per heavy atom. The van der Waals surface area contributed by atoms with Gasteiger partial charge in [0.25, 0.3) is 5.56 Å². The number of nitrogen functional groups attached to an aromatic ring is 1. The van der Waals surface area contributed by atoms with E-state index in [1.807, 2.05) is 0 Å². The number of halogens is 2. The van der Waals surface area contributed by atoms with Gasteiger partial charge in [0.1, 0.15) is 16.5 Å². The Morgan fingerprint density at radius 3 is 2.45 bits per heavy atom. The van der Waals surface area contributed by atoms with Crippen LogP contribution in [0.3, 0.4) is 0 Å². The van der Waals surface area contributed by atoms with Crippen molar-refractivity contribution in [2.75, 3.05) is 11.5 Å². The summed E-state index contributed by atoms with van der Waals surface area (Å²) in [5, 5.41) is 0. The molecule has 4 nitrogen and oxygen atoms in total. The summed E-state index contributed by atoms with van der Waals surface area (Å²) in [5.41, 5.74) is 4.96. The molecule has 106 valence electrons. The van der Waals surface area contributed by atoms with E-state index in [1.54, 1.807) is 12.1 Å². The zero-order valence-electron chi connectivity index (χ0n) is 10.4. The van der Waals surface area contributed by atoms with Gasteiger partial charge in [-0.15, -0.1) is 0 Å². The van der Waals surface area contributed by atoms with Crippen LogP contribution in [0.1, 0.15) is 0 Å². The highest BCUT2D eigenvalue weighted by Gasteiger charge is 2.17. The maximum absolute atomic E-state index is 13.6. The maximum atomic E-state index is 13.6. The molecule has 0 saturated carbocycles. The Labute approximate surface area is 116 Å². The van der Waals surface area contributed by atoms with Gasteiger partial charge in [-0.3, -0.25) is 9.00 Å². The van der Waals surface area contributed by atoms with Crippen LogP contribution in [-0.4, -0.2) is 14.5 Å². The van der Waals surface area contributed by atoms with Crippen molar-refractivity contribution in [1.82, 2.24) is 4.57 Å². The summed E-state index contributed by atoms with van der Waals surface area (Å²) in [6.07, 6.45) is 1.52. The second-order valence-corrected chi connectivity index (χ2v) is 5.60. The smallest absolute Gasteiger partial charge is 0.250 e. The fourth-order valence-electron chi connectivity index (χ4n) is 1.73. The van der Waals surface area contributed by atoms with Crippen LogP contribution >= 0.6 is 0 Å². The number of rotatable bonds is 4. The number of benzene rings is 1. The van der Waals surface area contributed by atoms with Crippen molar-refractivity contribution < 1.29 is 13.0 Å². The first-order valence-corrected chi connectivity index (χ1v) is 7.09. The number of pyridine rings is 1. The largest absolute Gasteiger partial charge is 0.399 e. The Hall–Kier alpha value is -2.02. The van der Waals surface area contributed by atoms with Crippen molar-refractivity contribution in [3.63, 3.8) is 0 Å². The molecule has 2 rings (SSSR count). The number of anilines is 1. The summed E-state index contributed by atoms with van der Waals surface area (Å²) in [4.78, 5) is 10.9. The van der Waals surface area contributed by atoms with Crippen molar-refractivity contribution in [2.45, 2.75) is 11.4 Å². The minimum Gasteiger partial charge on any atom is -0.399 e. The molecule has 0 fully saturated rings. The van der Waals surface area contributed by atoms with Crippen LogP contribution < -0.4 is 11.3 Å². The first-order chi connectivity index (χ1) is 9.49. The van der Waals surface area contributed by atoms with E-state index in [4.69, 9.17) is 5.73 Å². The summed E-state index contributed by atoms with van der Waals surface area (Å²) in [6.45, 7) is 0.107. The summed E-state index contributed by atoms with van der Waals surface area (Å²) in [7, 11) is -1.89. The van der Waals surface area contributed by atoms with Crippen LogP contribution in [0, 0.1) is 11.6 Å². The van der Waals surface area contributed by atoms with Crippen molar-refractivity contribution in [3.8, 4) is 0 Å². The first kappa shape index (κ1) is 14.4. The fraction of sp³-hybridized carbons (Fsp3) is 0.154. The molecular weight excluding hydrogens is 286 g/mol. The fourth-order valence-corrected chi connectivity index (χ4v) is 2.85. The highest BCUT2D eigenvalue weighted by molar-refractivity contribution is 7.85. The molecule has 2 aromatic rings. The van der Waals surface area contributed by atoms with Gasteiger partial charge < -0.3 is 10.3 Å². The number of aromatic nitrogens is 1. The predicted molar refractivity (Wildman–Crippen MR) is 72.7 cm³/mol. The lowest BCUT2D eigenvalue weighted by atomic mass is 10.3. The van der Waals surface area contributed by atoms with Crippen LogP contribution in [0.15, 0.2) is 46.2 Å². The maximum Gasteiger partial charge on any atom is 0.250 e. The molecule has 1 atom stereocenters. The Bertz CT molecular complexity index is 693. The van der Waals surface area contributed by atoms with Gasteiger partial charge in [0.15, 0.2) is 0 Å². The monoisotopic (exact) mass is 298 g/mol. The molecule has 0 bridgehead atoms. The van der Waals surface area contributed by atoms with E-state index >= 15 is 0 Å². The van der Waals surface area contributed by atoms with Crippen LogP contribution in [0.25, 0.3) is 0 Å². The third-order valence-corrected chi connectivity index (χ3v) is 4.06. The zero-order valence-corrected chi connectivity index (χ0v) is 11.2. The zero-order chi connectivity index (χ0) is 14.7. The van der Waals surface area contributed by atoms with Gasteiger partial charge in [0.2, 0.25) is 0 Å². The van der Waals surface area contributed by atoms with E-state index in [9.17, 15) is 17.8 Å². The lowest BCUT2D eigenvalue weighted by molar-refractivity contribution is 0.535. The molecule has 7 heteroatoms. The van der Waals surface area contributed by atoms with Gasteiger partial charge in [-0.2, -0.15) is 0 Å². The van der Waals surface area contributed by atoms with E-state index in [2.05, 4.69) is 0 Å². The van der Waals surface area contributed by atoms with Crippen molar-refractivity contribution in [1.29, 1.82) is 0 Å². The van der Waals surface area contributed by atoms with E-state index in [1.165, 1.54) is 16.8 Å². The molecule has 0 radical (unpaired) electrons. The van der Waals surface area contributed by atoms with E-state index in [0.29, 0.717) is 0 Å². The average Bonchev–Trinajstić information content (AvgIpc) is 2.36. The lowest BCUT2D eigenvalue weighted by Crippen LogP contribution is -2.21. The molecule has 0 aliphatic heterocycles. The standard InChI is InChI=1S/C13H12F2N2O2S/c14-10-7-9(16)8-11(15)13(10)20(19)6-5-17-4-2-1-3-12(17)18/h1-4,7-8H,5-6,16H2. The van der Waals surface area contributed by atoms with E-state index < -0.39 is 27.3 Å². The predicted octanol–water partition coefficient (Wildman–Crippen LogP) is 1.52. The molecule has 0 saturated heterocycles. The minimum absolute atomic E-state index is 0.0678. The molecular formula is C13H12F2N2O2S. The molecule has 0 aliphatic rings. The normalized spacial score (nSPS) is 12.3. The van der Waals surface area contributed by atoms with Gasteiger partial charge >= 0.3 is 0 Å². The van der Waals surface area contributed by atoms with Crippen molar-refractivity contribution in [2.24, 2.45) is 0 Å². The van der Waals surface area contributed by atoms with Crippen LogP contribution in [0.4, 0.5) is 14.5 Å². The van der Waals surface area contributed by atoms with Crippen molar-refractivity contribution >= 4 is 16.5 Å². The highest BCUT2D eigenvalue weighted by Crippen LogP contribution is 2.20. The highest BCUT2D eigenvalue weighted by atomic mass is 32.2. The molecule has 0 aliphatic carbocycles. The van der Waals surface area contributed by atoms with Gasteiger partial charge in [0, 0.05) is 30.2 Å². The first-order valence-electron chi connectivity index (χ1n) is 5.77. The average molecular weight is 298 g/mol. The van der Waals surface area contributed by atoms with Gasteiger partial charge in [-0.1, -0.05) is 6.07 Å². The summed E-state index contributed by atoms with van der Waals surface area (Å²) in [5.74, 6) is -1.95. The number of nitrogens with zero attached hydrogens (tertiary/aromatic N) is 1. The Morgan fingerprint density at radius 1 is 1.20 bits per heavy atom. The number of hydrogen-bond donors (Lipinski definition) is 1. The second kappa shape index (κ2) is 5.96. The third kappa shape index (κ3) is 3.11. The number of hydrogen-bond acceptors (Lipinski definition) is 3. The second-order valence-electron chi connectivity index (χ2n) is 4.10. The minimum atomic E-state index is -1.89. The summed E-state index contributed by atoms with van der Waals surface area (Å²) < 4.78 is 40.5. The van der Waals surface area contributed by atoms with Crippen LogP contribution in [0.2, 0.25) is 0 Å². The number of aryl methyl sites for hydroxylation is 1. The number of nitrogens with two attached hydrogens (primary N) is 1. The lowest BCUT2D eigenvalue weighted by Gasteiger charge is -2.07. The SMILES string of the molecule is Nc1cc(F)c(S(=O)CCn2ccccc2=O)c(F)c1. The molecule has 20 heavy (non-hydrogen) atoms. The molecule has 2 N–H and O–H groups in total. The van der Waals surface area contributed by atoms with E-state index in [-0.39, 0.29) is 23.5 Å². The quantitative estimate of drug-likeness (QED) is 0.870. The van der Waals surface area contributed by atoms with E-state index in [0.717, 1.165) is 12.1 Å². The summed E-state index contributed by atoms with van der Waals surface area (Å²) in [6, 6.07) is 6.42. The van der Waals surface area contributed by atoms with Crippen LogP contribution in [0.5, 0.6) is 0 Å². The molecule has 1 aromatic heterocycles. The van der Waals surface area contributed by atoms with Gasteiger partial charge in [-0.05, 0) is 18.2 Å². The topological polar surface area (TPSA) is 65.1 Å². The third-order valence-electron chi connectivity index (χ3n) is 2.66.